The molecule has 1 aromatic rings. The molecule has 0 aromatic carbocycles. The highest BCUT2D eigenvalue weighted by Crippen LogP contribution is 2.19. The number of carbonyl (C=O) groups excluding carboxylic acids is 2. The molecule has 8 heteroatoms. The van der Waals surface area contributed by atoms with E-state index in [1.807, 2.05) is 0 Å². The van der Waals surface area contributed by atoms with Crippen molar-refractivity contribution in [1.82, 2.24) is 20.3 Å². The minimum atomic E-state index is -0.176. The Labute approximate surface area is 160 Å². The largest absolute Gasteiger partial charge is 0.360 e. The van der Waals surface area contributed by atoms with E-state index in [9.17, 15) is 9.59 Å². The molecule has 0 radical (unpaired) electrons. The highest BCUT2D eigenvalue weighted by molar-refractivity contribution is 5.94. The van der Waals surface area contributed by atoms with Gasteiger partial charge in [0.2, 0.25) is 11.8 Å². The lowest BCUT2D eigenvalue weighted by molar-refractivity contribution is -0.125. The second kappa shape index (κ2) is 9.32. The zero-order chi connectivity index (χ0) is 19.2. The molecule has 0 spiro atoms. The molecule has 1 aromatic heterocycles. The van der Waals surface area contributed by atoms with Gasteiger partial charge in [0.05, 0.1) is 12.6 Å². The first kappa shape index (κ1) is 19.8. The number of piperazine rings is 1. The summed E-state index contributed by atoms with van der Waals surface area (Å²) in [6.45, 7) is 7.57. The van der Waals surface area contributed by atoms with Gasteiger partial charge in [-0.3, -0.25) is 19.4 Å². The highest BCUT2D eigenvalue weighted by Gasteiger charge is 2.30. The zero-order valence-electron chi connectivity index (χ0n) is 16.4. The average molecular weight is 377 g/mol. The van der Waals surface area contributed by atoms with E-state index >= 15 is 0 Å². The predicted octanol–water partition coefficient (Wildman–Crippen LogP) is 1.38. The lowest BCUT2D eigenvalue weighted by Crippen LogP contribution is -2.55. The third kappa shape index (κ3) is 6.04. The Morgan fingerprint density at radius 3 is 2.63 bits per heavy atom. The van der Waals surface area contributed by atoms with Crippen molar-refractivity contribution in [2.24, 2.45) is 0 Å². The predicted molar refractivity (Wildman–Crippen MR) is 102 cm³/mol. The summed E-state index contributed by atoms with van der Waals surface area (Å²) in [6, 6.07) is 1.95. The molecule has 2 amide bonds. The molecule has 1 saturated heterocycles. The fraction of sp³-hybridized carbons (Fsp3) is 0.737. The van der Waals surface area contributed by atoms with Crippen LogP contribution in [0.1, 0.15) is 44.8 Å². The van der Waals surface area contributed by atoms with Crippen molar-refractivity contribution in [2.75, 3.05) is 38.0 Å². The molecule has 8 nitrogen and oxygen atoms in total. The van der Waals surface area contributed by atoms with E-state index in [4.69, 9.17) is 4.52 Å². The Bertz CT molecular complexity index is 635. The van der Waals surface area contributed by atoms with E-state index in [2.05, 4.69) is 32.5 Å². The van der Waals surface area contributed by atoms with Gasteiger partial charge in [-0.2, -0.15) is 0 Å². The lowest BCUT2D eigenvalue weighted by Gasteiger charge is -2.38. The third-order valence-electron chi connectivity index (χ3n) is 5.17. The summed E-state index contributed by atoms with van der Waals surface area (Å²) < 4.78 is 5.03. The first-order chi connectivity index (χ1) is 13.0. The molecule has 1 atom stereocenters. The van der Waals surface area contributed by atoms with Crippen LogP contribution in [0.2, 0.25) is 0 Å². The van der Waals surface area contributed by atoms with Crippen LogP contribution in [0.3, 0.4) is 0 Å². The van der Waals surface area contributed by atoms with Crippen molar-refractivity contribution < 1.29 is 14.1 Å². The maximum absolute atomic E-state index is 12.8. The van der Waals surface area contributed by atoms with Gasteiger partial charge in [0.25, 0.3) is 0 Å². The van der Waals surface area contributed by atoms with Crippen molar-refractivity contribution in [3.05, 3.63) is 11.8 Å². The zero-order valence-corrected chi connectivity index (χ0v) is 16.4. The second-order valence-electron chi connectivity index (χ2n) is 7.62. The van der Waals surface area contributed by atoms with Crippen molar-refractivity contribution in [2.45, 2.75) is 58.0 Å². The number of nitrogens with zero attached hydrogens (tertiary/aromatic N) is 3. The standard InChI is InChI=1S/C19H31N5O3/c1-3-4-5-16(19(26)21-17-12-14(2)27-22-17)24-10-8-23(9-11-24)13-18(25)20-15-6-7-15/h12,15-16H,3-11,13H2,1-2H3,(H,20,25)(H,21,22,26). The summed E-state index contributed by atoms with van der Waals surface area (Å²) in [7, 11) is 0. The van der Waals surface area contributed by atoms with E-state index in [0.717, 1.165) is 58.3 Å². The molecule has 3 rings (SSSR count). The maximum atomic E-state index is 12.8. The number of anilines is 1. The number of hydrogen-bond donors (Lipinski definition) is 2. The summed E-state index contributed by atoms with van der Waals surface area (Å²) >= 11 is 0. The molecule has 1 aliphatic carbocycles. The minimum absolute atomic E-state index is 0.0309. The molecule has 150 valence electrons. The number of carbonyl (C=O) groups is 2. The van der Waals surface area contributed by atoms with E-state index in [0.29, 0.717) is 24.2 Å². The molecule has 1 aliphatic heterocycles. The molecule has 2 heterocycles. The fourth-order valence-electron chi connectivity index (χ4n) is 3.45. The quantitative estimate of drug-likeness (QED) is 0.676. The molecule has 2 aliphatic rings. The number of unbranched alkanes of at least 4 members (excludes halogenated alkanes) is 1. The average Bonchev–Trinajstić information content (AvgIpc) is 3.36. The van der Waals surface area contributed by atoms with Gasteiger partial charge in [-0.15, -0.1) is 0 Å². The number of aromatic nitrogens is 1. The van der Waals surface area contributed by atoms with Crippen LogP contribution in [0.4, 0.5) is 5.82 Å². The Kier molecular flexibility index (Phi) is 6.84. The van der Waals surface area contributed by atoms with Crippen molar-refractivity contribution in [3.8, 4) is 0 Å². The van der Waals surface area contributed by atoms with Crippen molar-refractivity contribution in [1.29, 1.82) is 0 Å². The SMILES string of the molecule is CCCCC(C(=O)Nc1cc(C)on1)N1CCN(CC(=O)NC2CC2)CC1. The monoisotopic (exact) mass is 377 g/mol. The van der Waals surface area contributed by atoms with Crippen LogP contribution in [0.25, 0.3) is 0 Å². The molecule has 2 N–H and O–H groups in total. The summed E-state index contributed by atoms with van der Waals surface area (Å²) in [6.07, 6.45) is 5.09. The van der Waals surface area contributed by atoms with E-state index in [1.165, 1.54) is 0 Å². The normalized spacial score (nSPS) is 19.6. The van der Waals surface area contributed by atoms with Crippen LogP contribution in [0.5, 0.6) is 0 Å². The molecule has 0 bridgehead atoms. The third-order valence-corrected chi connectivity index (χ3v) is 5.17. The Morgan fingerprint density at radius 2 is 2.04 bits per heavy atom. The summed E-state index contributed by atoms with van der Waals surface area (Å²) in [5.74, 6) is 1.23. The van der Waals surface area contributed by atoms with E-state index in [-0.39, 0.29) is 17.9 Å². The summed E-state index contributed by atoms with van der Waals surface area (Å²) in [5, 5.41) is 9.77. The van der Waals surface area contributed by atoms with Crippen LogP contribution in [0.15, 0.2) is 10.6 Å². The van der Waals surface area contributed by atoms with Gasteiger partial charge in [0, 0.05) is 38.3 Å². The topological polar surface area (TPSA) is 90.7 Å². The number of rotatable bonds is 9. The van der Waals surface area contributed by atoms with Gasteiger partial charge in [0.1, 0.15) is 5.76 Å². The first-order valence-electron chi connectivity index (χ1n) is 10.0. The van der Waals surface area contributed by atoms with Gasteiger partial charge in [-0.25, -0.2) is 0 Å². The molecule has 2 fully saturated rings. The Balaban J connectivity index is 1.50. The number of amides is 2. The molecular weight excluding hydrogens is 346 g/mol. The van der Waals surface area contributed by atoms with Crippen molar-refractivity contribution in [3.63, 3.8) is 0 Å². The van der Waals surface area contributed by atoms with Crippen LogP contribution in [-0.4, -0.2) is 71.6 Å². The maximum Gasteiger partial charge on any atom is 0.242 e. The van der Waals surface area contributed by atoms with Gasteiger partial charge in [-0.05, 0) is 26.2 Å². The smallest absolute Gasteiger partial charge is 0.242 e. The second-order valence-corrected chi connectivity index (χ2v) is 7.62. The minimum Gasteiger partial charge on any atom is -0.360 e. The lowest BCUT2D eigenvalue weighted by atomic mass is 10.1. The first-order valence-corrected chi connectivity index (χ1v) is 10.0. The van der Waals surface area contributed by atoms with Gasteiger partial charge < -0.3 is 15.2 Å². The number of nitrogens with one attached hydrogen (secondary N) is 2. The van der Waals surface area contributed by atoms with Gasteiger partial charge >= 0.3 is 0 Å². The molecule has 27 heavy (non-hydrogen) atoms. The Hall–Kier alpha value is -1.93. The van der Waals surface area contributed by atoms with Crippen molar-refractivity contribution >= 4 is 17.6 Å². The highest BCUT2D eigenvalue weighted by atomic mass is 16.5. The van der Waals surface area contributed by atoms with Gasteiger partial charge in [-0.1, -0.05) is 24.9 Å². The van der Waals surface area contributed by atoms with Crippen LogP contribution in [-0.2, 0) is 9.59 Å². The number of aryl methyl sites for hydroxylation is 1. The van der Waals surface area contributed by atoms with Crippen LogP contribution >= 0.6 is 0 Å². The van der Waals surface area contributed by atoms with E-state index in [1.54, 1.807) is 13.0 Å². The molecule has 1 unspecified atom stereocenters. The van der Waals surface area contributed by atoms with E-state index < -0.39 is 0 Å². The molecule has 1 saturated carbocycles. The summed E-state index contributed by atoms with van der Waals surface area (Å²) in [5.41, 5.74) is 0. The summed E-state index contributed by atoms with van der Waals surface area (Å²) in [4.78, 5) is 29.2. The fourth-order valence-corrected chi connectivity index (χ4v) is 3.45. The van der Waals surface area contributed by atoms with Gasteiger partial charge in [0.15, 0.2) is 5.82 Å². The number of hydrogen-bond acceptors (Lipinski definition) is 6. The molecular formula is C19H31N5O3. The Morgan fingerprint density at radius 1 is 1.30 bits per heavy atom. The van der Waals surface area contributed by atoms with Crippen LogP contribution in [0, 0.1) is 6.92 Å². The van der Waals surface area contributed by atoms with Crippen LogP contribution < -0.4 is 10.6 Å².